The molecule has 0 atom stereocenters. The average molecular weight is 238 g/mol. The Kier molecular flexibility index (Phi) is 2.99. The van der Waals surface area contributed by atoms with Crippen molar-refractivity contribution in [2.24, 2.45) is 5.73 Å². The van der Waals surface area contributed by atoms with Crippen molar-refractivity contribution in [1.29, 1.82) is 0 Å². The van der Waals surface area contributed by atoms with Crippen molar-refractivity contribution in [3.63, 3.8) is 0 Å². The minimum Gasteiger partial charge on any atom is -0.472 e. The van der Waals surface area contributed by atoms with Gasteiger partial charge >= 0.3 is 0 Å². The van der Waals surface area contributed by atoms with Gasteiger partial charge in [0.05, 0.1) is 4.47 Å². The standard InChI is InChI=1S/C7H6BrF2NO/c8-4-1-2-5(9)7(6(4)10)12-3-11/h1-2H,3,11H2. The minimum absolute atomic E-state index is 0.146. The molecule has 5 heteroatoms. The van der Waals surface area contributed by atoms with Crippen LogP contribution in [0.4, 0.5) is 8.78 Å². The van der Waals surface area contributed by atoms with E-state index in [0.717, 1.165) is 6.07 Å². The summed E-state index contributed by atoms with van der Waals surface area (Å²) in [5.41, 5.74) is 4.98. The van der Waals surface area contributed by atoms with Crippen LogP contribution in [0.15, 0.2) is 16.6 Å². The van der Waals surface area contributed by atoms with Gasteiger partial charge in [0.1, 0.15) is 6.73 Å². The lowest BCUT2D eigenvalue weighted by Gasteiger charge is -2.05. The summed E-state index contributed by atoms with van der Waals surface area (Å²) in [7, 11) is 0. The molecular formula is C7H6BrF2NO. The van der Waals surface area contributed by atoms with Crippen LogP contribution >= 0.6 is 15.9 Å². The Balaban J connectivity index is 3.14. The lowest BCUT2D eigenvalue weighted by molar-refractivity contribution is 0.293. The summed E-state index contributed by atoms with van der Waals surface area (Å²) in [5, 5.41) is 0. The minimum atomic E-state index is -0.777. The van der Waals surface area contributed by atoms with Gasteiger partial charge in [-0.1, -0.05) is 0 Å². The van der Waals surface area contributed by atoms with E-state index in [4.69, 9.17) is 5.73 Å². The molecule has 0 saturated heterocycles. The first kappa shape index (κ1) is 9.41. The van der Waals surface area contributed by atoms with Crippen LogP contribution in [0, 0.1) is 11.6 Å². The van der Waals surface area contributed by atoms with E-state index in [0.29, 0.717) is 0 Å². The van der Waals surface area contributed by atoms with Gasteiger partial charge in [0.25, 0.3) is 0 Å². The van der Waals surface area contributed by atoms with Crippen molar-refractivity contribution < 1.29 is 13.5 Å². The molecule has 0 aromatic heterocycles. The maximum atomic E-state index is 13.0. The number of hydrogen-bond acceptors (Lipinski definition) is 2. The van der Waals surface area contributed by atoms with Crippen LogP contribution in [0.3, 0.4) is 0 Å². The smallest absolute Gasteiger partial charge is 0.193 e. The number of hydrogen-bond donors (Lipinski definition) is 1. The summed E-state index contributed by atoms with van der Waals surface area (Å²) in [6.07, 6.45) is 0. The van der Waals surface area contributed by atoms with Crippen molar-refractivity contribution in [3.05, 3.63) is 28.2 Å². The van der Waals surface area contributed by atoms with Gasteiger partial charge in [0.15, 0.2) is 17.4 Å². The van der Waals surface area contributed by atoms with Gasteiger partial charge in [0, 0.05) is 0 Å². The first-order valence-corrected chi connectivity index (χ1v) is 3.92. The monoisotopic (exact) mass is 237 g/mol. The molecule has 0 fully saturated rings. The van der Waals surface area contributed by atoms with E-state index in [9.17, 15) is 8.78 Å². The molecule has 0 aliphatic carbocycles. The summed E-state index contributed by atoms with van der Waals surface area (Å²) >= 11 is 2.89. The molecule has 0 unspecified atom stereocenters. The maximum absolute atomic E-state index is 13.0. The lowest BCUT2D eigenvalue weighted by Crippen LogP contribution is -2.09. The van der Waals surface area contributed by atoms with E-state index in [1.807, 2.05) is 0 Å². The van der Waals surface area contributed by atoms with Crippen LogP contribution in [0.25, 0.3) is 0 Å². The zero-order valence-electron chi connectivity index (χ0n) is 5.98. The van der Waals surface area contributed by atoms with E-state index >= 15 is 0 Å². The fraction of sp³-hybridized carbons (Fsp3) is 0.143. The summed E-state index contributed by atoms with van der Waals surface area (Å²) in [5.74, 6) is -1.99. The van der Waals surface area contributed by atoms with Gasteiger partial charge in [-0.25, -0.2) is 8.78 Å². The normalized spacial score (nSPS) is 10.0. The Morgan fingerprint density at radius 1 is 1.42 bits per heavy atom. The molecule has 2 N–H and O–H groups in total. The SMILES string of the molecule is NCOc1c(F)ccc(Br)c1F. The molecule has 0 saturated carbocycles. The van der Waals surface area contributed by atoms with Crippen LogP contribution in [0.1, 0.15) is 0 Å². The van der Waals surface area contributed by atoms with Crippen LogP contribution in [0.2, 0.25) is 0 Å². The molecule has 1 aromatic carbocycles. The van der Waals surface area contributed by atoms with Crippen molar-refractivity contribution in [3.8, 4) is 5.75 Å². The third-order valence-corrected chi connectivity index (χ3v) is 1.84. The molecular weight excluding hydrogens is 232 g/mol. The fourth-order valence-electron chi connectivity index (χ4n) is 0.724. The quantitative estimate of drug-likeness (QED) is 0.631. The zero-order chi connectivity index (χ0) is 9.14. The number of benzene rings is 1. The van der Waals surface area contributed by atoms with Gasteiger partial charge in [-0.15, -0.1) is 0 Å². The molecule has 1 rings (SSSR count). The van der Waals surface area contributed by atoms with E-state index in [-0.39, 0.29) is 11.2 Å². The molecule has 1 aromatic rings. The molecule has 0 bridgehead atoms. The Morgan fingerprint density at radius 3 is 2.67 bits per heavy atom. The highest BCUT2D eigenvalue weighted by Crippen LogP contribution is 2.27. The van der Waals surface area contributed by atoms with E-state index < -0.39 is 17.4 Å². The molecule has 2 nitrogen and oxygen atoms in total. The molecule has 66 valence electrons. The molecule has 0 aliphatic heterocycles. The number of halogens is 3. The topological polar surface area (TPSA) is 35.2 Å². The second-order valence-electron chi connectivity index (χ2n) is 1.98. The highest BCUT2D eigenvalue weighted by atomic mass is 79.9. The summed E-state index contributed by atoms with van der Waals surface area (Å²) < 4.78 is 30.4. The Morgan fingerprint density at radius 2 is 2.08 bits per heavy atom. The van der Waals surface area contributed by atoms with Crippen molar-refractivity contribution in [2.45, 2.75) is 0 Å². The van der Waals surface area contributed by atoms with E-state index in [1.54, 1.807) is 0 Å². The van der Waals surface area contributed by atoms with Crippen LogP contribution in [-0.4, -0.2) is 6.73 Å². The molecule has 0 radical (unpaired) electrons. The van der Waals surface area contributed by atoms with Gasteiger partial charge in [-0.05, 0) is 28.1 Å². The summed E-state index contributed by atoms with van der Waals surface area (Å²) in [6, 6.07) is 2.35. The first-order chi connectivity index (χ1) is 5.66. The third kappa shape index (κ3) is 1.73. The Hall–Kier alpha value is -0.680. The highest BCUT2D eigenvalue weighted by molar-refractivity contribution is 9.10. The van der Waals surface area contributed by atoms with Crippen molar-refractivity contribution in [2.75, 3.05) is 6.73 Å². The predicted molar refractivity (Wildman–Crippen MR) is 43.7 cm³/mol. The second-order valence-corrected chi connectivity index (χ2v) is 2.84. The molecule has 0 amide bonds. The number of rotatable bonds is 2. The number of ether oxygens (including phenoxy) is 1. The zero-order valence-corrected chi connectivity index (χ0v) is 7.57. The van der Waals surface area contributed by atoms with E-state index in [1.165, 1.54) is 6.07 Å². The van der Waals surface area contributed by atoms with Gasteiger partial charge in [-0.3, -0.25) is 5.73 Å². The Bertz CT molecular complexity index is 293. The molecule has 12 heavy (non-hydrogen) atoms. The summed E-state index contributed by atoms with van der Waals surface area (Å²) in [6.45, 7) is -0.260. The molecule has 0 heterocycles. The van der Waals surface area contributed by atoms with Crippen molar-refractivity contribution >= 4 is 15.9 Å². The van der Waals surface area contributed by atoms with Gasteiger partial charge in [-0.2, -0.15) is 0 Å². The van der Waals surface area contributed by atoms with Crippen LogP contribution in [0.5, 0.6) is 5.75 Å². The Labute approximate surface area is 76.4 Å². The number of nitrogens with two attached hydrogens (primary N) is 1. The third-order valence-electron chi connectivity index (χ3n) is 1.23. The lowest BCUT2D eigenvalue weighted by atomic mass is 10.3. The van der Waals surface area contributed by atoms with Crippen LogP contribution < -0.4 is 10.5 Å². The highest BCUT2D eigenvalue weighted by Gasteiger charge is 2.12. The van der Waals surface area contributed by atoms with Crippen molar-refractivity contribution in [1.82, 2.24) is 0 Å². The largest absolute Gasteiger partial charge is 0.472 e. The second kappa shape index (κ2) is 3.82. The van der Waals surface area contributed by atoms with Gasteiger partial charge in [0.2, 0.25) is 0 Å². The molecule has 0 aliphatic rings. The van der Waals surface area contributed by atoms with Crippen LogP contribution in [-0.2, 0) is 0 Å². The summed E-state index contributed by atoms with van der Waals surface area (Å²) in [4.78, 5) is 0. The van der Waals surface area contributed by atoms with Gasteiger partial charge < -0.3 is 4.74 Å². The first-order valence-electron chi connectivity index (χ1n) is 3.13. The maximum Gasteiger partial charge on any atom is 0.193 e. The fourth-order valence-corrected chi connectivity index (χ4v) is 1.04. The molecule has 0 spiro atoms. The average Bonchev–Trinajstić information content (AvgIpc) is 2.06. The van der Waals surface area contributed by atoms with E-state index in [2.05, 4.69) is 20.7 Å². The predicted octanol–water partition coefficient (Wildman–Crippen LogP) is 2.02.